The van der Waals surface area contributed by atoms with Gasteiger partial charge in [-0.1, -0.05) is 0 Å². The molecule has 1 N–H and O–H groups in total. The van der Waals surface area contributed by atoms with Crippen LogP contribution in [-0.2, 0) is 4.79 Å². The molecule has 1 amide bonds. The van der Waals surface area contributed by atoms with Crippen molar-refractivity contribution in [1.29, 1.82) is 0 Å². The van der Waals surface area contributed by atoms with Gasteiger partial charge in [-0.25, -0.2) is 4.39 Å². The Balaban J connectivity index is 2.22. The first-order valence-electron chi connectivity index (χ1n) is 5.44. The van der Waals surface area contributed by atoms with E-state index in [1.807, 2.05) is 0 Å². The molecular weight excluding hydrogens is 241 g/mol. The van der Waals surface area contributed by atoms with Gasteiger partial charge >= 0.3 is 0 Å². The van der Waals surface area contributed by atoms with Crippen molar-refractivity contribution in [2.45, 2.75) is 18.6 Å². The van der Waals surface area contributed by atoms with Crippen LogP contribution in [0.3, 0.4) is 0 Å². The lowest BCUT2D eigenvalue weighted by Crippen LogP contribution is -2.47. The van der Waals surface area contributed by atoms with E-state index in [4.69, 9.17) is 0 Å². The number of halogens is 1. The second-order valence-corrected chi connectivity index (χ2v) is 4.19. The number of carbonyl (C=O) groups is 2. The first-order valence-corrected chi connectivity index (χ1v) is 5.44. The van der Waals surface area contributed by atoms with Gasteiger partial charge in [0.25, 0.3) is 5.91 Å². The molecule has 2 rings (SSSR count). The summed E-state index contributed by atoms with van der Waals surface area (Å²) in [5.74, 6) is -2.44. The Bertz CT molecular complexity index is 473. The normalized spacial score (nSPS) is 23.1. The summed E-state index contributed by atoms with van der Waals surface area (Å²) in [5, 5.41) is 20.3. The van der Waals surface area contributed by atoms with Crippen molar-refractivity contribution in [3.8, 4) is 0 Å². The Hall–Kier alpha value is -1.95. The fraction of sp³-hybridized carbons (Fsp3) is 0.333. The van der Waals surface area contributed by atoms with Crippen molar-refractivity contribution in [3.63, 3.8) is 0 Å². The van der Waals surface area contributed by atoms with Gasteiger partial charge in [0.2, 0.25) is 0 Å². The lowest BCUT2D eigenvalue weighted by Gasteiger charge is -2.25. The molecule has 1 aromatic carbocycles. The maximum absolute atomic E-state index is 12.7. The molecule has 1 aliphatic rings. The number of carbonyl (C=O) groups excluding carboxylic acids is 2. The summed E-state index contributed by atoms with van der Waals surface area (Å²) in [5.41, 5.74) is 0.178. The van der Waals surface area contributed by atoms with Crippen LogP contribution >= 0.6 is 0 Å². The summed E-state index contributed by atoms with van der Waals surface area (Å²) < 4.78 is 12.7. The fourth-order valence-corrected chi connectivity index (χ4v) is 2.02. The van der Waals surface area contributed by atoms with E-state index in [0.717, 1.165) is 17.0 Å². The van der Waals surface area contributed by atoms with Crippen molar-refractivity contribution in [3.05, 3.63) is 35.6 Å². The second kappa shape index (κ2) is 4.73. The topological polar surface area (TPSA) is 80.7 Å². The number of benzene rings is 1. The molecule has 5 nitrogen and oxygen atoms in total. The number of aliphatic hydroxyl groups is 1. The van der Waals surface area contributed by atoms with Crippen LogP contribution in [0.2, 0.25) is 0 Å². The Morgan fingerprint density at radius 3 is 2.50 bits per heavy atom. The predicted molar refractivity (Wildman–Crippen MR) is 56.9 cm³/mol. The average molecular weight is 252 g/mol. The molecule has 18 heavy (non-hydrogen) atoms. The maximum Gasteiger partial charge on any atom is 0.254 e. The first-order chi connectivity index (χ1) is 8.49. The molecular formula is C12H11FNO4-. The zero-order chi connectivity index (χ0) is 13.3. The number of hydrogen-bond donors (Lipinski definition) is 1. The maximum atomic E-state index is 12.7. The summed E-state index contributed by atoms with van der Waals surface area (Å²) in [4.78, 5) is 23.9. The monoisotopic (exact) mass is 252 g/mol. The number of carboxylic acid groups (broad SMARTS) is 1. The summed E-state index contributed by atoms with van der Waals surface area (Å²) >= 11 is 0. The van der Waals surface area contributed by atoms with Crippen molar-refractivity contribution in [1.82, 2.24) is 4.90 Å². The Labute approximate surface area is 102 Å². The van der Waals surface area contributed by atoms with Crippen molar-refractivity contribution < 1.29 is 24.2 Å². The van der Waals surface area contributed by atoms with Crippen molar-refractivity contribution in [2.75, 3.05) is 6.54 Å². The van der Waals surface area contributed by atoms with E-state index < -0.39 is 29.8 Å². The second-order valence-electron chi connectivity index (χ2n) is 4.19. The number of hydrogen-bond acceptors (Lipinski definition) is 4. The Kier molecular flexibility index (Phi) is 3.29. The molecule has 0 radical (unpaired) electrons. The first kappa shape index (κ1) is 12.5. The minimum atomic E-state index is -1.40. The SMILES string of the molecule is O=C([O-])[C@H]1C[C@H](O)CN1C(=O)c1ccc(F)cc1. The molecule has 1 fully saturated rings. The van der Waals surface area contributed by atoms with Crippen molar-refractivity contribution >= 4 is 11.9 Å². The summed E-state index contributed by atoms with van der Waals surface area (Å²) in [7, 11) is 0. The highest BCUT2D eigenvalue weighted by Crippen LogP contribution is 2.20. The molecule has 1 aliphatic heterocycles. The molecule has 1 aromatic rings. The van der Waals surface area contributed by atoms with E-state index in [0.29, 0.717) is 0 Å². The Morgan fingerprint density at radius 2 is 1.94 bits per heavy atom. The van der Waals surface area contributed by atoms with E-state index in [1.54, 1.807) is 0 Å². The summed E-state index contributed by atoms with van der Waals surface area (Å²) in [6.45, 7) is -0.0607. The summed E-state index contributed by atoms with van der Waals surface area (Å²) in [6, 6.07) is 3.64. The van der Waals surface area contributed by atoms with E-state index in [9.17, 15) is 24.2 Å². The van der Waals surface area contributed by atoms with Crippen LogP contribution in [0.5, 0.6) is 0 Å². The largest absolute Gasteiger partial charge is 0.548 e. The van der Waals surface area contributed by atoms with Gasteiger partial charge in [0, 0.05) is 18.5 Å². The molecule has 6 heteroatoms. The highest BCUT2D eigenvalue weighted by Gasteiger charge is 2.35. The number of nitrogens with zero attached hydrogens (tertiary/aromatic N) is 1. The van der Waals surface area contributed by atoms with Crippen LogP contribution in [0.4, 0.5) is 4.39 Å². The highest BCUT2D eigenvalue weighted by atomic mass is 19.1. The lowest BCUT2D eigenvalue weighted by molar-refractivity contribution is -0.310. The van der Waals surface area contributed by atoms with Crippen molar-refractivity contribution in [2.24, 2.45) is 0 Å². The zero-order valence-electron chi connectivity index (χ0n) is 9.38. The van der Waals surface area contributed by atoms with E-state index in [1.165, 1.54) is 12.1 Å². The molecule has 0 spiro atoms. The fourth-order valence-electron chi connectivity index (χ4n) is 2.02. The molecule has 96 valence electrons. The van der Waals surface area contributed by atoms with Crippen LogP contribution in [0, 0.1) is 5.82 Å². The number of aliphatic carboxylic acids is 1. The third-order valence-corrected chi connectivity index (χ3v) is 2.90. The number of carboxylic acids is 1. The molecule has 0 saturated carbocycles. The molecule has 0 unspecified atom stereocenters. The highest BCUT2D eigenvalue weighted by molar-refractivity contribution is 5.96. The number of rotatable bonds is 2. The van der Waals surface area contributed by atoms with Gasteiger partial charge in [-0.15, -0.1) is 0 Å². The summed E-state index contributed by atoms with van der Waals surface area (Å²) in [6.07, 6.45) is -0.924. The third kappa shape index (κ3) is 2.33. The van der Waals surface area contributed by atoms with Gasteiger partial charge in [-0.05, 0) is 24.3 Å². The molecule has 1 heterocycles. The number of amides is 1. The van der Waals surface area contributed by atoms with Crippen LogP contribution < -0.4 is 5.11 Å². The van der Waals surface area contributed by atoms with E-state index >= 15 is 0 Å². The molecule has 0 bridgehead atoms. The Morgan fingerprint density at radius 1 is 1.33 bits per heavy atom. The van der Waals surface area contributed by atoms with Gasteiger partial charge in [0.15, 0.2) is 0 Å². The molecule has 0 aliphatic carbocycles. The zero-order valence-corrected chi connectivity index (χ0v) is 9.38. The quantitative estimate of drug-likeness (QED) is 0.743. The number of aliphatic hydroxyl groups excluding tert-OH is 1. The van der Waals surface area contributed by atoms with Gasteiger partial charge in [-0.3, -0.25) is 4.79 Å². The van der Waals surface area contributed by atoms with Crippen LogP contribution in [0.15, 0.2) is 24.3 Å². The minimum absolute atomic E-state index is 0.0464. The van der Waals surface area contributed by atoms with Crippen LogP contribution in [-0.4, -0.2) is 40.6 Å². The third-order valence-electron chi connectivity index (χ3n) is 2.90. The number of likely N-dealkylation sites (tertiary alicyclic amines) is 1. The van der Waals surface area contributed by atoms with Gasteiger partial charge < -0.3 is 19.9 Å². The van der Waals surface area contributed by atoms with Gasteiger partial charge in [0.05, 0.1) is 18.1 Å². The smallest absolute Gasteiger partial charge is 0.254 e. The minimum Gasteiger partial charge on any atom is -0.548 e. The van der Waals surface area contributed by atoms with Gasteiger partial charge in [-0.2, -0.15) is 0 Å². The predicted octanol–water partition coefficient (Wildman–Crippen LogP) is -0.849. The number of β-amino-alcohol motifs (C(OH)–C–C–N with tert-alkyl or cyclic N) is 1. The van der Waals surface area contributed by atoms with Gasteiger partial charge in [0.1, 0.15) is 5.82 Å². The van der Waals surface area contributed by atoms with E-state index in [2.05, 4.69) is 0 Å². The van der Waals surface area contributed by atoms with Crippen LogP contribution in [0.1, 0.15) is 16.8 Å². The van der Waals surface area contributed by atoms with E-state index in [-0.39, 0.29) is 18.5 Å². The molecule has 1 saturated heterocycles. The molecule has 0 aromatic heterocycles. The lowest BCUT2D eigenvalue weighted by atomic mass is 10.1. The standard InChI is InChI=1S/C12H12FNO4/c13-8-3-1-7(2-4-8)11(16)14-6-9(15)5-10(14)12(17)18/h1-4,9-10,15H,5-6H2,(H,17,18)/p-1/t9-,10+/m0/s1. The van der Waals surface area contributed by atoms with Crippen LogP contribution in [0.25, 0.3) is 0 Å². The average Bonchev–Trinajstić information content (AvgIpc) is 2.71. The molecule has 2 atom stereocenters.